The molecule has 0 unspecified atom stereocenters. The number of rotatable bonds is 4. The Bertz CT molecular complexity index is 526. The van der Waals surface area contributed by atoms with Gasteiger partial charge in [-0.05, 0) is 35.0 Å². The van der Waals surface area contributed by atoms with Crippen LogP contribution < -0.4 is 15.2 Å². The summed E-state index contributed by atoms with van der Waals surface area (Å²) in [6.45, 7) is 2.47. The summed E-state index contributed by atoms with van der Waals surface area (Å²) in [6.07, 6.45) is 0. The van der Waals surface area contributed by atoms with Crippen LogP contribution in [0.15, 0.2) is 40.9 Å². The number of anilines is 1. The van der Waals surface area contributed by atoms with Crippen LogP contribution in [0.5, 0.6) is 17.5 Å². The number of ether oxygens (including phenoxy) is 2. The lowest BCUT2D eigenvalue weighted by Crippen LogP contribution is -1.97. The molecule has 1 aromatic heterocycles. The van der Waals surface area contributed by atoms with Crippen molar-refractivity contribution in [1.29, 1.82) is 0 Å². The first-order chi connectivity index (χ1) is 8.70. The zero-order chi connectivity index (χ0) is 13.0. The van der Waals surface area contributed by atoms with E-state index in [-0.39, 0.29) is 0 Å². The predicted molar refractivity (Wildman–Crippen MR) is 74.0 cm³/mol. The van der Waals surface area contributed by atoms with Gasteiger partial charge in [0.25, 0.3) is 0 Å². The molecule has 1 aromatic carbocycles. The third kappa shape index (κ3) is 2.92. The first-order valence-electron chi connectivity index (χ1n) is 5.52. The molecule has 5 heteroatoms. The highest BCUT2D eigenvalue weighted by atomic mass is 79.9. The third-order valence-corrected chi connectivity index (χ3v) is 2.82. The van der Waals surface area contributed by atoms with Crippen LogP contribution in [0.2, 0.25) is 0 Å². The number of nitrogens with two attached hydrogens (primary N) is 1. The van der Waals surface area contributed by atoms with Gasteiger partial charge in [0.05, 0.1) is 16.8 Å². The molecule has 0 spiro atoms. The number of benzene rings is 1. The lowest BCUT2D eigenvalue weighted by atomic mass is 10.3. The number of nitrogens with zero attached hydrogens (tertiary/aromatic N) is 1. The highest BCUT2D eigenvalue weighted by Gasteiger charge is 2.08. The maximum atomic E-state index is 5.85. The Morgan fingerprint density at radius 1 is 1.17 bits per heavy atom. The minimum absolute atomic E-state index is 0.444. The predicted octanol–water partition coefficient (Wildman–Crippen LogP) is 3.62. The van der Waals surface area contributed by atoms with E-state index in [0.717, 1.165) is 4.47 Å². The van der Waals surface area contributed by atoms with Gasteiger partial charge in [0.1, 0.15) is 0 Å². The zero-order valence-corrected chi connectivity index (χ0v) is 11.5. The summed E-state index contributed by atoms with van der Waals surface area (Å²) in [5, 5.41) is 0. The van der Waals surface area contributed by atoms with Crippen molar-refractivity contribution in [1.82, 2.24) is 4.98 Å². The van der Waals surface area contributed by atoms with E-state index in [9.17, 15) is 0 Å². The minimum Gasteiger partial charge on any atom is -0.478 e. The molecule has 0 atom stereocenters. The van der Waals surface area contributed by atoms with E-state index in [1.54, 1.807) is 18.2 Å². The van der Waals surface area contributed by atoms with Gasteiger partial charge in [0.2, 0.25) is 11.8 Å². The largest absolute Gasteiger partial charge is 0.478 e. The zero-order valence-electron chi connectivity index (χ0n) is 9.89. The molecule has 2 rings (SSSR count). The number of hydrogen-bond acceptors (Lipinski definition) is 4. The van der Waals surface area contributed by atoms with Crippen molar-refractivity contribution in [3.8, 4) is 17.5 Å². The Morgan fingerprint density at radius 3 is 2.61 bits per heavy atom. The molecule has 1 heterocycles. The van der Waals surface area contributed by atoms with Gasteiger partial charge in [-0.1, -0.05) is 12.1 Å². The molecule has 0 saturated carbocycles. The monoisotopic (exact) mass is 308 g/mol. The Labute approximate surface area is 114 Å². The second-order valence-corrected chi connectivity index (χ2v) is 4.36. The average Bonchev–Trinajstić information content (AvgIpc) is 2.35. The van der Waals surface area contributed by atoms with E-state index >= 15 is 0 Å². The number of nitrogen functional groups attached to an aromatic ring is 1. The van der Waals surface area contributed by atoms with Crippen molar-refractivity contribution in [2.24, 2.45) is 0 Å². The summed E-state index contributed by atoms with van der Waals surface area (Å²) in [7, 11) is 0. The molecule has 0 aliphatic heterocycles. The van der Waals surface area contributed by atoms with Gasteiger partial charge >= 0.3 is 0 Å². The fourth-order valence-electron chi connectivity index (χ4n) is 1.42. The maximum absolute atomic E-state index is 5.85. The van der Waals surface area contributed by atoms with Crippen LogP contribution in [0.4, 0.5) is 5.69 Å². The number of para-hydroxylation sites is 1. The molecule has 4 nitrogen and oxygen atoms in total. The van der Waals surface area contributed by atoms with Crippen LogP contribution in [0.25, 0.3) is 0 Å². The normalized spacial score (nSPS) is 10.1. The smallest absolute Gasteiger partial charge is 0.222 e. The fraction of sp³-hybridized carbons (Fsp3) is 0.154. The molecule has 0 aliphatic rings. The Balaban J connectivity index is 2.26. The Kier molecular flexibility index (Phi) is 4.04. The van der Waals surface area contributed by atoms with Gasteiger partial charge < -0.3 is 15.2 Å². The standard InChI is InChI=1S/C13H13BrN2O2/c1-2-17-11-7-4-8-12(16-11)18-13-9(14)5-3-6-10(13)15/h3-8H,2,15H2,1H3. The first-order valence-corrected chi connectivity index (χ1v) is 6.31. The number of aromatic nitrogens is 1. The van der Waals surface area contributed by atoms with E-state index in [0.29, 0.717) is 29.8 Å². The van der Waals surface area contributed by atoms with Gasteiger partial charge in [-0.15, -0.1) is 0 Å². The number of pyridine rings is 1. The topological polar surface area (TPSA) is 57.4 Å². The maximum Gasteiger partial charge on any atom is 0.222 e. The lowest BCUT2D eigenvalue weighted by molar-refractivity contribution is 0.321. The van der Waals surface area contributed by atoms with Crippen LogP contribution in [-0.4, -0.2) is 11.6 Å². The summed E-state index contributed by atoms with van der Waals surface area (Å²) < 4.78 is 11.8. The van der Waals surface area contributed by atoms with Crippen molar-refractivity contribution in [2.75, 3.05) is 12.3 Å². The quantitative estimate of drug-likeness (QED) is 0.876. The highest BCUT2D eigenvalue weighted by Crippen LogP contribution is 2.34. The molecule has 18 heavy (non-hydrogen) atoms. The summed E-state index contributed by atoms with van der Waals surface area (Å²) in [5.41, 5.74) is 6.40. The van der Waals surface area contributed by atoms with Gasteiger partial charge in [-0.2, -0.15) is 4.98 Å². The van der Waals surface area contributed by atoms with Crippen LogP contribution >= 0.6 is 15.9 Å². The van der Waals surface area contributed by atoms with Gasteiger partial charge in [0, 0.05) is 12.1 Å². The highest BCUT2D eigenvalue weighted by molar-refractivity contribution is 9.10. The van der Waals surface area contributed by atoms with Crippen LogP contribution in [0.3, 0.4) is 0 Å². The summed E-state index contributed by atoms with van der Waals surface area (Å²) in [6, 6.07) is 10.8. The molecular weight excluding hydrogens is 296 g/mol. The molecule has 0 fully saturated rings. The Morgan fingerprint density at radius 2 is 1.89 bits per heavy atom. The van der Waals surface area contributed by atoms with E-state index < -0.39 is 0 Å². The third-order valence-electron chi connectivity index (χ3n) is 2.19. The van der Waals surface area contributed by atoms with Crippen molar-refractivity contribution in [3.63, 3.8) is 0 Å². The molecule has 2 aromatic rings. The molecule has 2 N–H and O–H groups in total. The van der Waals surface area contributed by atoms with Crippen LogP contribution in [-0.2, 0) is 0 Å². The molecule has 0 saturated heterocycles. The summed E-state index contributed by atoms with van der Waals surface area (Å²) in [5.74, 6) is 1.53. The van der Waals surface area contributed by atoms with Crippen molar-refractivity contribution >= 4 is 21.6 Å². The van der Waals surface area contributed by atoms with E-state index in [2.05, 4.69) is 20.9 Å². The molecule has 0 bridgehead atoms. The van der Waals surface area contributed by atoms with Gasteiger partial charge in [0.15, 0.2) is 5.75 Å². The lowest BCUT2D eigenvalue weighted by Gasteiger charge is -2.10. The minimum atomic E-state index is 0.444. The van der Waals surface area contributed by atoms with Crippen LogP contribution in [0.1, 0.15) is 6.92 Å². The van der Waals surface area contributed by atoms with Crippen LogP contribution in [0, 0.1) is 0 Å². The van der Waals surface area contributed by atoms with Crippen molar-refractivity contribution in [3.05, 3.63) is 40.9 Å². The molecular formula is C13H13BrN2O2. The van der Waals surface area contributed by atoms with Crippen molar-refractivity contribution in [2.45, 2.75) is 6.92 Å². The second kappa shape index (κ2) is 5.73. The number of halogens is 1. The Hall–Kier alpha value is -1.75. The van der Waals surface area contributed by atoms with Crippen molar-refractivity contribution < 1.29 is 9.47 Å². The fourth-order valence-corrected chi connectivity index (χ4v) is 1.88. The van der Waals surface area contributed by atoms with Gasteiger partial charge in [-0.3, -0.25) is 0 Å². The van der Waals surface area contributed by atoms with E-state index in [4.69, 9.17) is 15.2 Å². The molecule has 94 valence electrons. The number of hydrogen-bond donors (Lipinski definition) is 1. The summed E-state index contributed by atoms with van der Waals surface area (Å²) in [4.78, 5) is 4.22. The average molecular weight is 309 g/mol. The molecule has 0 aliphatic carbocycles. The van der Waals surface area contributed by atoms with Gasteiger partial charge in [-0.25, -0.2) is 0 Å². The SMILES string of the molecule is CCOc1cccc(Oc2c(N)cccc2Br)n1. The summed E-state index contributed by atoms with van der Waals surface area (Å²) >= 11 is 3.39. The van der Waals surface area contributed by atoms with E-state index in [1.165, 1.54) is 0 Å². The van der Waals surface area contributed by atoms with E-state index in [1.807, 2.05) is 25.1 Å². The molecule has 0 amide bonds. The second-order valence-electron chi connectivity index (χ2n) is 3.51. The molecule has 0 radical (unpaired) electrons. The first kappa shape index (κ1) is 12.7.